The molecule has 1 heterocycles. The summed E-state index contributed by atoms with van der Waals surface area (Å²) in [5, 5.41) is 4.15. The average Bonchev–Trinajstić information content (AvgIpc) is 2.84. The van der Waals surface area contributed by atoms with Crippen molar-refractivity contribution in [1.29, 1.82) is 0 Å². The molecule has 3 nitrogen and oxygen atoms in total. The molecule has 1 aromatic heterocycles. The van der Waals surface area contributed by atoms with Crippen LogP contribution >= 0.6 is 11.6 Å². The molecule has 0 fully saturated rings. The minimum absolute atomic E-state index is 0.566. The van der Waals surface area contributed by atoms with E-state index in [1.54, 1.807) is 0 Å². The van der Waals surface area contributed by atoms with Crippen LogP contribution in [0.3, 0.4) is 0 Å². The van der Waals surface area contributed by atoms with Gasteiger partial charge in [0.15, 0.2) is 0 Å². The monoisotopic (exact) mass is 291 g/mol. The lowest BCUT2D eigenvalue weighted by Gasteiger charge is -2.17. The van der Waals surface area contributed by atoms with Gasteiger partial charge < -0.3 is 9.88 Å². The number of hydrogen-bond acceptors (Lipinski definition) is 2. The van der Waals surface area contributed by atoms with Crippen molar-refractivity contribution in [3.8, 4) is 0 Å². The Morgan fingerprint density at radius 3 is 2.80 bits per heavy atom. The first-order chi connectivity index (χ1) is 9.70. The number of nitrogens with one attached hydrogen (secondary N) is 1. The molecule has 0 aliphatic carbocycles. The summed E-state index contributed by atoms with van der Waals surface area (Å²) in [5.74, 6) is 1.71. The lowest BCUT2D eigenvalue weighted by Crippen LogP contribution is -2.22. The average molecular weight is 292 g/mol. The highest BCUT2D eigenvalue weighted by molar-refractivity contribution is 6.31. The molecule has 108 valence electrons. The molecule has 1 atom stereocenters. The predicted octanol–water partition coefficient (Wildman–Crippen LogP) is 3.08. The number of aromatic nitrogens is 2. The summed E-state index contributed by atoms with van der Waals surface area (Å²) < 4.78 is 2.09. The Morgan fingerprint density at radius 1 is 1.35 bits per heavy atom. The minimum atomic E-state index is 0.566. The summed E-state index contributed by atoms with van der Waals surface area (Å²) in [6.07, 6.45) is 6.97. The summed E-state index contributed by atoms with van der Waals surface area (Å²) >= 11 is 6.26. The van der Waals surface area contributed by atoms with Crippen LogP contribution in [0.5, 0.6) is 0 Å². The first-order valence-corrected chi connectivity index (χ1v) is 7.42. The Bertz CT molecular complexity index is 536. The Morgan fingerprint density at radius 2 is 2.15 bits per heavy atom. The molecule has 0 saturated heterocycles. The highest BCUT2D eigenvalue weighted by Crippen LogP contribution is 2.21. The molecule has 1 aromatic carbocycles. The van der Waals surface area contributed by atoms with Gasteiger partial charge in [0.2, 0.25) is 0 Å². The van der Waals surface area contributed by atoms with Crippen LogP contribution in [0.25, 0.3) is 0 Å². The van der Waals surface area contributed by atoms with Crippen molar-refractivity contribution in [3.63, 3.8) is 0 Å². The van der Waals surface area contributed by atoms with Gasteiger partial charge in [0.05, 0.1) is 0 Å². The maximum absolute atomic E-state index is 6.26. The molecule has 2 aromatic rings. The van der Waals surface area contributed by atoms with E-state index in [1.807, 2.05) is 38.6 Å². The van der Waals surface area contributed by atoms with E-state index >= 15 is 0 Å². The van der Waals surface area contributed by atoms with Crippen molar-refractivity contribution in [2.24, 2.45) is 13.0 Å². The molecule has 0 radical (unpaired) electrons. The van der Waals surface area contributed by atoms with Gasteiger partial charge in [0, 0.05) is 30.9 Å². The molecule has 0 aliphatic heterocycles. The number of nitrogens with zero attached hydrogens (tertiary/aromatic N) is 2. The molecular formula is C16H22ClN3. The van der Waals surface area contributed by atoms with Crippen molar-refractivity contribution in [2.45, 2.75) is 19.3 Å². The van der Waals surface area contributed by atoms with Gasteiger partial charge in [0.1, 0.15) is 5.82 Å². The lowest BCUT2D eigenvalue weighted by molar-refractivity contribution is 0.454. The highest BCUT2D eigenvalue weighted by atomic mass is 35.5. The molecule has 0 spiro atoms. The summed E-state index contributed by atoms with van der Waals surface area (Å²) in [7, 11) is 4.05. The highest BCUT2D eigenvalue weighted by Gasteiger charge is 2.12. The number of imidazole rings is 1. The lowest BCUT2D eigenvalue weighted by atomic mass is 9.94. The van der Waals surface area contributed by atoms with E-state index in [0.717, 1.165) is 36.7 Å². The molecule has 0 amide bonds. The molecule has 2 rings (SSSR count). The van der Waals surface area contributed by atoms with Crippen LogP contribution in [0.4, 0.5) is 0 Å². The van der Waals surface area contributed by atoms with Crippen LogP contribution < -0.4 is 5.32 Å². The van der Waals surface area contributed by atoms with E-state index in [2.05, 4.69) is 27.0 Å². The molecule has 1 N–H and O–H groups in total. The molecule has 0 aliphatic rings. The summed E-state index contributed by atoms with van der Waals surface area (Å²) in [4.78, 5) is 4.39. The van der Waals surface area contributed by atoms with Crippen molar-refractivity contribution in [2.75, 3.05) is 13.6 Å². The van der Waals surface area contributed by atoms with Gasteiger partial charge in [-0.05, 0) is 44.0 Å². The zero-order valence-electron chi connectivity index (χ0n) is 12.1. The summed E-state index contributed by atoms with van der Waals surface area (Å²) in [6.45, 7) is 0.996. The molecule has 0 bridgehead atoms. The smallest absolute Gasteiger partial charge is 0.108 e. The largest absolute Gasteiger partial charge is 0.338 e. The van der Waals surface area contributed by atoms with Gasteiger partial charge in [-0.2, -0.15) is 0 Å². The van der Waals surface area contributed by atoms with Gasteiger partial charge in [-0.15, -0.1) is 0 Å². The third kappa shape index (κ3) is 4.09. The number of rotatable bonds is 7. The van der Waals surface area contributed by atoms with E-state index in [4.69, 9.17) is 11.6 Å². The van der Waals surface area contributed by atoms with Crippen LogP contribution in [0.15, 0.2) is 36.7 Å². The minimum Gasteiger partial charge on any atom is -0.338 e. The van der Waals surface area contributed by atoms with Crippen molar-refractivity contribution >= 4 is 11.6 Å². The first-order valence-electron chi connectivity index (χ1n) is 7.05. The van der Waals surface area contributed by atoms with E-state index in [-0.39, 0.29) is 0 Å². The SMILES string of the molecule is CNCC(CCc1nccn1C)Cc1ccccc1Cl. The Labute approximate surface area is 126 Å². The van der Waals surface area contributed by atoms with Crippen molar-refractivity contribution < 1.29 is 0 Å². The molecule has 20 heavy (non-hydrogen) atoms. The third-order valence-corrected chi connectivity index (χ3v) is 4.03. The standard InChI is InChI=1S/C16H22ClN3/c1-18-12-13(7-8-16-19-9-10-20(16)2)11-14-5-3-4-6-15(14)17/h3-6,9-10,13,18H,7-8,11-12H2,1-2H3. The van der Waals surface area contributed by atoms with Gasteiger partial charge in [-0.25, -0.2) is 4.98 Å². The van der Waals surface area contributed by atoms with E-state index in [0.29, 0.717) is 5.92 Å². The van der Waals surface area contributed by atoms with E-state index in [1.165, 1.54) is 5.56 Å². The van der Waals surface area contributed by atoms with Crippen LogP contribution in [0.2, 0.25) is 5.02 Å². The maximum atomic E-state index is 6.26. The van der Waals surface area contributed by atoms with Crippen LogP contribution in [0, 0.1) is 5.92 Å². The summed E-state index contributed by atoms with van der Waals surface area (Å²) in [6, 6.07) is 8.11. The van der Waals surface area contributed by atoms with Gasteiger partial charge in [0.25, 0.3) is 0 Å². The second-order valence-corrected chi connectivity index (χ2v) is 5.62. The Balaban J connectivity index is 1.97. The van der Waals surface area contributed by atoms with E-state index in [9.17, 15) is 0 Å². The zero-order valence-corrected chi connectivity index (χ0v) is 12.9. The van der Waals surface area contributed by atoms with Crippen LogP contribution in [-0.2, 0) is 19.9 Å². The second kappa shape index (κ2) is 7.46. The molecule has 1 unspecified atom stereocenters. The van der Waals surface area contributed by atoms with E-state index < -0.39 is 0 Å². The second-order valence-electron chi connectivity index (χ2n) is 5.21. The van der Waals surface area contributed by atoms with Crippen molar-refractivity contribution in [3.05, 3.63) is 53.1 Å². The number of aryl methyl sites for hydroxylation is 2. The zero-order chi connectivity index (χ0) is 14.4. The normalized spacial score (nSPS) is 12.6. The topological polar surface area (TPSA) is 29.9 Å². The number of benzene rings is 1. The first kappa shape index (κ1) is 15.1. The molecular weight excluding hydrogens is 270 g/mol. The number of halogens is 1. The fraction of sp³-hybridized carbons (Fsp3) is 0.438. The fourth-order valence-corrected chi connectivity index (χ4v) is 2.72. The van der Waals surface area contributed by atoms with Crippen LogP contribution in [-0.4, -0.2) is 23.1 Å². The third-order valence-electron chi connectivity index (χ3n) is 3.66. The predicted molar refractivity (Wildman–Crippen MR) is 84.1 cm³/mol. The van der Waals surface area contributed by atoms with Crippen molar-refractivity contribution in [1.82, 2.24) is 14.9 Å². The Kier molecular flexibility index (Phi) is 5.62. The summed E-state index contributed by atoms with van der Waals surface area (Å²) in [5.41, 5.74) is 1.23. The fourth-order valence-electron chi connectivity index (χ4n) is 2.51. The molecule has 0 saturated carbocycles. The van der Waals surface area contributed by atoms with Crippen LogP contribution in [0.1, 0.15) is 17.8 Å². The van der Waals surface area contributed by atoms with Gasteiger partial charge in [-0.3, -0.25) is 0 Å². The quantitative estimate of drug-likeness (QED) is 0.849. The number of hydrogen-bond donors (Lipinski definition) is 1. The van der Waals surface area contributed by atoms with Gasteiger partial charge >= 0.3 is 0 Å². The maximum Gasteiger partial charge on any atom is 0.108 e. The van der Waals surface area contributed by atoms with Gasteiger partial charge in [-0.1, -0.05) is 29.8 Å². The Hall–Kier alpha value is -1.32. The molecule has 4 heteroatoms.